The minimum atomic E-state index is -3.44. The van der Waals surface area contributed by atoms with Crippen LogP contribution in [0.2, 0.25) is 0 Å². The Kier molecular flexibility index (Phi) is 4.42. The van der Waals surface area contributed by atoms with E-state index in [1.807, 2.05) is 6.92 Å². The SMILES string of the molecule is Cc1cc(S(=O)(=O)NN2CCCCC2)ccc1Br. The van der Waals surface area contributed by atoms with Crippen LogP contribution in [0.3, 0.4) is 0 Å². The van der Waals surface area contributed by atoms with Gasteiger partial charge in [-0.25, -0.2) is 13.4 Å². The van der Waals surface area contributed by atoms with Crippen LogP contribution in [0.1, 0.15) is 24.8 Å². The van der Waals surface area contributed by atoms with Gasteiger partial charge in [0.25, 0.3) is 10.0 Å². The summed E-state index contributed by atoms with van der Waals surface area (Å²) in [6.07, 6.45) is 3.26. The van der Waals surface area contributed by atoms with Gasteiger partial charge in [0.15, 0.2) is 0 Å². The number of piperidine rings is 1. The molecule has 1 aromatic carbocycles. The number of sulfonamides is 1. The molecule has 4 nitrogen and oxygen atoms in total. The normalized spacial score (nSPS) is 17.9. The van der Waals surface area contributed by atoms with Gasteiger partial charge in [-0.3, -0.25) is 0 Å². The number of rotatable bonds is 3. The molecule has 0 unspecified atom stereocenters. The number of hydrogen-bond acceptors (Lipinski definition) is 3. The van der Waals surface area contributed by atoms with Crippen molar-refractivity contribution in [3.05, 3.63) is 28.2 Å². The second-order valence-electron chi connectivity index (χ2n) is 4.55. The van der Waals surface area contributed by atoms with Crippen LogP contribution >= 0.6 is 15.9 Å². The van der Waals surface area contributed by atoms with Gasteiger partial charge in [-0.15, -0.1) is 4.83 Å². The third-order valence-electron chi connectivity index (χ3n) is 3.05. The molecule has 1 aliphatic rings. The van der Waals surface area contributed by atoms with Gasteiger partial charge in [-0.1, -0.05) is 22.4 Å². The summed E-state index contributed by atoms with van der Waals surface area (Å²) >= 11 is 3.37. The van der Waals surface area contributed by atoms with E-state index in [4.69, 9.17) is 0 Å². The highest BCUT2D eigenvalue weighted by atomic mass is 79.9. The Morgan fingerprint density at radius 3 is 2.50 bits per heavy atom. The maximum absolute atomic E-state index is 12.2. The molecule has 18 heavy (non-hydrogen) atoms. The van der Waals surface area contributed by atoms with Crippen molar-refractivity contribution in [1.29, 1.82) is 0 Å². The Morgan fingerprint density at radius 2 is 1.89 bits per heavy atom. The minimum absolute atomic E-state index is 0.314. The number of halogens is 1. The molecule has 1 aliphatic heterocycles. The van der Waals surface area contributed by atoms with Crippen LogP contribution < -0.4 is 4.83 Å². The fraction of sp³-hybridized carbons (Fsp3) is 0.500. The lowest BCUT2D eigenvalue weighted by Gasteiger charge is -2.26. The predicted octanol–water partition coefficient (Wildman–Crippen LogP) is 2.44. The average molecular weight is 333 g/mol. The monoisotopic (exact) mass is 332 g/mol. The number of hydrogen-bond donors (Lipinski definition) is 1. The minimum Gasteiger partial charge on any atom is -0.230 e. The summed E-state index contributed by atoms with van der Waals surface area (Å²) in [6, 6.07) is 5.06. The lowest BCUT2D eigenvalue weighted by molar-refractivity contribution is 0.200. The zero-order valence-electron chi connectivity index (χ0n) is 10.3. The topological polar surface area (TPSA) is 49.4 Å². The van der Waals surface area contributed by atoms with Gasteiger partial charge < -0.3 is 0 Å². The van der Waals surface area contributed by atoms with Crippen molar-refractivity contribution < 1.29 is 8.42 Å². The largest absolute Gasteiger partial charge is 0.253 e. The first kappa shape index (κ1) is 14.0. The molecule has 1 fully saturated rings. The fourth-order valence-electron chi connectivity index (χ4n) is 1.99. The highest BCUT2D eigenvalue weighted by Crippen LogP contribution is 2.20. The number of nitrogens with one attached hydrogen (secondary N) is 1. The third-order valence-corrected chi connectivity index (χ3v) is 5.31. The Hall–Kier alpha value is -0.430. The zero-order valence-corrected chi connectivity index (χ0v) is 12.7. The van der Waals surface area contributed by atoms with E-state index in [0.29, 0.717) is 4.90 Å². The summed E-state index contributed by atoms with van der Waals surface area (Å²) in [6.45, 7) is 3.45. The predicted molar refractivity (Wildman–Crippen MR) is 74.6 cm³/mol. The van der Waals surface area contributed by atoms with Crippen LogP contribution in [-0.2, 0) is 10.0 Å². The van der Waals surface area contributed by atoms with Crippen molar-refractivity contribution >= 4 is 26.0 Å². The first-order chi connectivity index (χ1) is 8.49. The standard InChI is InChI=1S/C12H17BrN2O2S/c1-10-9-11(5-6-12(10)13)18(16,17)14-15-7-3-2-4-8-15/h5-6,9,14H,2-4,7-8H2,1H3. The molecule has 2 rings (SSSR count). The molecular formula is C12H17BrN2O2S. The van der Waals surface area contributed by atoms with Crippen molar-refractivity contribution in [3.63, 3.8) is 0 Å². The molecular weight excluding hydrogens is 316 g/mol. The summed E-state index contributed by atoms with van der Waals surface area (Å²) in [4.78, 5) is 2.96. The maximum atomic E-state index is 12.2. The van der Waals surface area contributed by atoms with Gasteiger partial charge in [-0.05, 0) is 43.5 Å². The van der Waals surface area contributed by atoms with Crippen LogP contribution in [0, 0.1) is 6.92 Å². The lowest BCUT2D eigenvalue weighted by Crippen LogP contribution is -2.44. The van der Waals surface area contributed by atoms with Gasteiger partial charge in [-0.2, -0.15) is 0 Å². The summed E-state index contributed by atoms with van der Waals surface area (Å²) in [7, 11) is -3.44. The van der Waals surface area contributed by atoms with Crippen LogP contribution in [0.25, 0.3) is 0 Å². The quantitative estimate of drug-likeness (QED) is 0.924. The van der Waals surface area contributed by atoms with E-state index in [9.17, 15) is 8.42 Å². The fourth-order valence-corrected chi connectivity index (χ4v) is 3.45. The smallest absolute Gasteiger partial charge is 0.230 e. The van der Waals surface area contributed by atoms with E-state index < -0.39 is 10.0 Å². The Labute approximate surface area is 117 Å². The van der Waals surface area contributed by atoms with Crippen LogP contribution in [0.5, 0.6) is 0 Å². The first-order valence-corrected chi connectivity index (χ1v) is 8.30. The van der Waals surface area contributed by atoms with Gasteiger partial charge in [0.2, 0.25) is 0 Å². The van der Waals surface area contributed by atoms with Gasteiger partial charge >= 0.3 is 0 Å². The number of nitrogens with zero attached hydrogens (tertiary/aromatic N) is 1. The molecule has 0 aliphatic carbocycles. The summed E-state index contributed by atoms with van der Waals surface area (Å²) in [5, 5.41) is 1.79. The molecule has 100 valence electrons. The highest BCUT2D eigenvalue weighted by molar-refractivity contribution is 9.10. The van der Waals surface area contributed by atoms with Crippen molar-refractivity contribution in [3.8, 4) is 0 Å². The van der Waals surface area contributed by atoms with E-state index in [0.717, 1.165) is 36.0 Å². The number of aryl methyl sites for hydroxylation is 1. The summed E-state index contributed by atoms with van der Waals surface area (Å²) in [5.41, 5.74) is 0.913. The summed E-state index contributed by atoms with van der Waals surface area (Å²) in [5.74, 6) is 0. The van der Waals surface area contributed by atoms with Gasteiger partial charge in [0, 0.05) is 17.6 Å². The van der Waals surface area contributed by atoms with Crippen LogP contribution in [-0.4, -0.2) is 26.5 Å². The van der Waals surface area contributed by atoms with E-state index in [1.165, 1.54) is 6.42 Å². The molecule has 0 atom stereocenters. The molecule has 0 bridgehead atoms. The molecule has 0 radical (unpaired) electrons. The molecule has 0 spiro atoms. The lowest BCUT2D eigenvalue weighted by atomic mass is 10.2. The molecule has 0 saturated carbocycles. The van der Waals surface area contributed by atoms with E-state index in [-0.39, 0.29) is 0 Å². The van der Waals surface area contributed by atoms with Crippen LogP contribution in [0.15, 0.2) is 27.6 Å². The number of hydrazine groups is 1. The van der Waals surface area contributed by atoms with Crippen LogP contribution in [0.4, 0.5) is 0 Å². The third kappa shape index (κ3) is 3.32. The summed E-state index contributed by atoms with van der Waals surface area (Å²) < 4.78 is 25.3. The van der Waals surface area contributed by atoms with E-state index in [1.54, 1.807) is 23.2 Å². The Bertz CT molecular complexity index is 525. The van der Waals surface area contributed by atoms with Gasteiger partial charge in [0.05, 0.1) is 4.90 Å². The van der Waals surface area contributed by atoms with Gasteiger partial charge in [0.1, 0.15) is 0 Å². The van der Waals surface area contributed by atoms with E-state index >= 15 is 0 Å². The Morgan fingerprint density at radius 1 is 1.22 bits per heavy atom. The molecule has 6 heteroatoms. The molecule has 1 saturated heterocycles. The molecule has 1 N–H and O–H groups in total. The van der Waals surface area contributed by atoms with Crippen molar-refractivity contribution in [2.24, 2.45) is 0 Å². The second kappa shape index (κ2) is 5.69. The van der Waals surface area contributed by atoms with Crippen molar-refractivity contribution in [2.45, 2.75) is 31.1 Å². The maximum Gasteiger partial charge on any atom is 0.253 e. The van der Waals surface area contributed by atoms with Crippen molar-refractivity contribution in [2.75, 3.05) is 13.1 Å². The molecule has 0 aromatic heterocycles. The Balaban J connectivity index is 2.16. The van der Waals surface area contributed by atoms with E-state index in [2.05, 4.69) is 20.8 Å². The average Bonchev–Trinajstić information content (AvgIpc) is 2.33. The highest BCUT2D eigenvalue weighted by Gasteiger charge is 2.20. The molecule has 0 amide bonds. The molecule has 1 aromatic rings. The second-order valence-corrected chi connectivity index (χ2v) is 7.07. The first-order valence-electron chi connectivity index (χ1n) is 6.02. The van der Waals surface area contributed by atoms with Crippen molar-refractivity contribution in [1.82, 2.24) is 9.84 Å². The number of benzene rings is 1. The zero-order chi connectivity index (χ0) is 13.2. The molecule has 1 heterocycles.